The normalized spacial score (nSPS) is 12.2. The molecule has 30 heavy (non-hydrogen) atoms. The second-order valence-corrected chi connectivity index (χ2v) is 9.38. The van der Waals surface area contributed by atoms with Gasteiger partial charge in [-0.05, 0) is 37.1 Å². The summed E-state index contributed by atoms with van der Waals surface area (Å²) < 4.78 is 40.3. The monoisotopic (exact) mass is 451 g/mol. The second kappa shape index (κ2) is 7.84. The highest BCUT2D eigenvalue weighted by Crippen LogP contribution is 2.24. The van der Waals surface area contributed by atoms with Gasteiger partial charge in [0.25, 0.3) is 0 Å². The average Bonchev–Trinajstić information content (AvgIpc) is 3.18. The van der Waals surface area contributed by atoms with Crippen LogP contribution in [0.1, 0.15) is 18.7 Å². The fourth-order valence-corrected chi connectivity index (χ4v) is 4.52. The van der Waals surface area contributed by atoms with Crippen molar-refractivity contribution < 1.29 is 12.8 Å². The fourth-order valence-electron chi connectivity index (χ4n) is 3.53. The topological polar surface area (TPSA) is 103 Å². The van der Waals surface area contributed by atoms with Crippen LogP contribution in [0.4, 0.5) is 4.39 Å². The van der Waals surface area contributed by atoms with E-state index in [4.69, 9.17) is 11.6 Å². The van der Waals surface area contributed by atoms with Gasteiger partial charge in [0.15, 0.2) is 14.9 Å². The molecule has 0 spiro atoms. The van der Waals surface area contributed by atoms with Crippen molar-refractivity contribution in [1.82, 2.24) is 24.1 Å². The van der Waals surface area contributed by atoms with Crippen LogP contribution >= 0.6 is 11.6 Å². The van der Waals surface area contributed by atoms with E-state index in [9.17, 15) is 17.6 Å². The van der Waals surface area contributed by atoms with Crippen LogP contribution in [0.25, 0.3) is 22.1 Å². The number of unbranched alkanes of at least 4 members (excludes halogenated alkanes) is 1. The predicted molar refractivity (Wildman–Crippen MR) is 113 cm³/mol. The van der Waals surface area contributed by atoms with Crippen molar-refractivity contribution in [3.05, 3.63) is 51.8 Å². The maximum Gasteiger partial charge on any atom is 0.326 e. The van der Waals surface area contributed by atoms with Gasteiger partial charge in [-0.25, -0.2) is 23.2 Å². The first-order valence-electron chi connectivity index (χ1n) is 9.28. The molecule has 4 rings (SSSR count). The summed E-state index contributed by atoms with van der Waals surface area (Å²) in [6.07, 6.45) is 3.39. The maximum absolute atomic E-state index is 12.6. The summed E-state index contributed by atoms with van der Waals surface area (Å²) >= 11 is 6.09. The molecule has 158 valence electrons. The van der Waals surface area contributed by atoms with E-state index in [0.29, 0.717) is 41.3 Å². The Morgan fingerprint density at radius 3 is 2.73 bits per heavy atom. The van der Waals surface area contributed by atoms with Crippen molar-refractivity contribution in [1.29, 1.82) is 0 Å². The molecule has 0 aliphatic rings. The number of pyridine rings is 1. The number of fused-ring (bicyclic) bond motifs is 2. The van der Waals surface area contributed by atoms with Gasteiger partial charge in [-0.3, -0.25) is 8.96 Å². The van der Waals surface area contributed by atoms with E-state index in [1.54, 1.807) is 18.2 Å². The number of benzene rings is 1. The molecule has 11 heteroatoms. The number of alkyl halides is 1. The number of hydrogen-bond donors (Lipinski definition) is 1. The van der Waals surface area contributed by atoms with Gasteiger partial charge in [-0.1, -0.05) is 11.6 Å². The molecule has 0 amide bonds. The molecule has 0 fully saturated rings. The third-order valence-electron chi connectivity index (χ3n) is 4.85. The third kappa shape index (κ3) is 3.72. The lowest BCUT2D eigenvalue weighted by Crippen LogP contribution is -2.21. The van der Waals surface area contributed by atoms with Crippen LogP contribution in [-0.4, -0.2) is 45.4 Å². The minimum absolute atomic E-state index is 0.0228. The molecular weight excluding hydrogens is 433 g/mol. The Hall–Kier alpha value is -2.72. The molecule has 0 saturated heterocycles. The van der Waals surface area contributed by atoms with Gasteiger partial charge in [0.1, 0.15) is 11.3 Å². The van der Waals surface area contributed by atoms with Crippen molar-refractivity contribution in [2.45, 2.75) is 31.0 Å². The zero-order valence-corrected chi connectivity index (χ0v) is 17.7. The maximum atomic E-state index is 12.6. The first-order valence-corrected chi connectivity index (χ1v) is 11.5. The number of aromatic nitrogens is 5. The Morgan fingerprint density at radius 1 is 1.20 bits per heavy atom. The van der Waals surface area contributed by atoms with E-state index >= 15 is 0 Å². The van der Waals surface area contributed by atoms with E-state index < -0.39 is 22.2 Å². The predicted octanol–water partition coefficient (Wildman–Crippen LogP) is 2.93. The van der Waals surface area contributed by atoms with E-state index in [1.165, 1.54) is 10.8 Å². The lowest BCUT2D eigenvalue weighted by molar-refractivity contribution is 0.446. The number of halogens is 2. The van der Waals surface area contributed by atoms with Gasteiger partial charge >= 0.3 is 5.69 Å². The standard InChI is InChI=1S/C19H19ClFN5O3S/c1-30(28,29)18-17-13(6-8-22-18)24-19(27)26(17)11-16-23-14-10-12(20)4-5-15(14)25(16)9-3-2-7-21/h4-6,8,10H,2-3,7,9,11H2,1H3,(H,24,27). The molecule has 1 N–H and O–H groups in total. The van der Waals surface area contributed by atoms with Crippen LogP contribution in [0.15, 0.2) is 40.3 Å². The van der Waals surface area contributed by atoms with Crippen LogP contribution in [0.2, 0.25) is 5.02 Å². The van der Waals surface area contributed by atoms with Gasteiger partial charge in [0.2, 0.25) is 0 Å². The number of nitrogens with zero attached hydrogens (tertiary/aromatic N) is 4. The zero-order chi connectivity index (χ0) is 21.5. The number of sulfone groups is 1. The molecule has 1 aromatic carbocycles. The van der Waals surface area contributed by atoms with Crippen LogP contribution < -0.4 is 5.69 Å². The van der Waals surface area contributed by atoms with Crippen molar-refractivity contribution >= 4 is 43.5 Å². The smallest absolute Gasteiger partial charge is 0.326 e. The van der Waals surface area contributed by atoms with E-state index in [0.717, 1.165) is 11.8 Å². The summed E-state index contributed by atoms with van der Waals surface area (Å²) in [7, 11) is -3.67. The Bertz CT molecular complexity index is 1410. The molecular formula is C19H19ClFN5O3S. The third-order valence-corrected chi connectivity index (χ3v) is 6.09. The van der Waals surface area contributed by atoms with Gasteiger partial charge in [-0.2, -0.15) is 0 Å². The second-order valence-electron chi connectivity index (χ2n) is 7.01. The van der Waals surface area contributed by atoms with E-state index in [-0.39, 0.29) is 17.1 Å². The Balaban J connectivity index is 1.89. The number of rotatable bonds is 7. The van der Waals surface area contributed by atoms with Crippen LogP contribution in [-0.2, 0) is 22.9 Å². The molecule has 8 nitrogen and oxygen atoms in total. The van der Waals surface area contributed by atoms with Gasteiger partial charge < -0.3 is 9.55 Å². The fraction of sp³-hybridized carbons (Fsp3) is 0.316. The van der Waals surface area contributed by atoms with Crippen LogP contribution in [0, 0.1) is 0 Å². The van der Waals surface area contributed by atoms with Crippen molar-refractivity contribution in [3.8, 4) is 0 Å². The molecule has 0 saturated carbocycles. The average molecular weight is 452 g/mol. The number of aryl methyl sites for hydroxylation is 1. The van der Waals surface area contributed by atoms with Crippen molar-refractivity contribution in [2.75, 3.05) is 12.9 Å². The summed E-state index contributed by atoms with van der Waals surface area (Å²) in [6, 6.07) is 6.83. The summed E-state index contributed by atoms with van der Waals surface area (Å²) in [5, 5.41) is 0.344. The molecule has 3 aromatic heterocycles. The Morgan fingerprint density at radius 2 is 2.00 bits per heavy atom. The molecule has 0 bridgehead atoms. The molecule has 0 unspecified atom stereocenters. The van der Waals surface area contributed by atoms with Crippen molar-refractivity contribution in [2.24, 2.45) is 0 Å². The zero-order valence-electron chi connectivity index (χ0n) is 16.1. The number of imidazole rings is 2. The van der Waals surface area contributed by atoms with Crippen molar-refractivity contribution in [3.63, 3.8) is 0 Å². The molecule has 0 atom stereocenters. The first kappa shape index (κ1) is 20.5. The molecule has 3 heterocycles. The molecule has 4 aromatic rings. The number of H-pyrrole nitrogens is 1. The number of aromatic amines is 1. The number of nitrogens with one attached hydrogen (secondary N) is 1. The largest absolute Gasteiger partial charge is 0.326 e. The SMILES string of the molecule is CS(=O)(=O)c1nccc2[nH]c(=O)n(Cc3nc4cc(Cl)ccc4n3CCCCF)c12. The highest BCUT2D eigenvalue weighted by molar-refractivity contribution is 7.90. The number of hydrogen-bond acceptors (Lipinski definition) is 5. The van der Waals surface area contributed by atoms with Gasteiger partial charge in [0.05, 0.1) is 29.8 Å². The van der Waals surface area contributed by atoms with Gasteiger partial charge in [-0.15, -0.1) is 0 Å². The minimum Gasteiger partial charge on any atom is -0.326 e. The summed E-state index contributed by atoms with van der Waals surface area (Å²) in [5.74, 6) is 0.539. The highest BCUT2D eigenvalue weighted by atomic mass is 35.5. The minimum atomic E-state index is -3.67. The summed E-state index contributed by atoms with van der Waals surface area (Å²) in [6.45, 7) is 0.111. The van der Waals surface area contributed by atoms with Crippen LogP contribution in [0.5, 0.6) is 0 Å². The lowest BCUT2D eigenvalue weighted by Gasteiger charge is -2.10. The lowest BCUT2D eigenvalue weighted by atomic mass is 10.3. The van der Waals surface area contributed by atoms with Crippen LogP contribution in [0.3, 0.4) is 0 Å². The Kier molecular flexibility index (Phi) is 5.37. The Labute approximate surface area is 176 Å². The van der Waals surface area contributed by atoms with E-state index in [2.05, 4.69) is 15.0 Å². The molecule has 0 aliphatic heterocycles. The molecule has 0 radical (unpaired) electrons. The van der Waals surface area contributed by atoms with Gasteiger partial charge in [0, 0.05) is 24.0 Å². The van der Waals surface area contributed by atoms with E-state index in [1.807, 2.05) is 10.6 Å². The summed E-state index contributed by atoms with van der Waals surface area (Å²) in [4.78, 5) is 23.9. The highest BCUT2D eigenvalue weighted by Gasteiger charge is 2.21. The molecule has 0 aliphatic carbocycles. The quantitative estimate of drug-likeness (QED) is 0.435. The first-order chi connectivity index (χ1) is 14.3. The summed E-state index contributed by atoms with van der Waals surface area (Å²) in [5.41, 5.74) is 1.56.